The third kappa shape index (κ3) is 4.77. The van der Waals surface area contributed by atoms with Crippen LogP contribution in [0.5, 0.6) is 0 Å². The summed E-state index contributed by atoms with van der Waals surface area (Å²) in [6, 6.07) is 10.5. The molecule has 0 radical (unpaired) electrons. The molecule has 0 saturated heterocycles. The fourth-order valence-corrected chi connectivity index (χ4v) is 8.79. The van der Waals surface area contributed by atoms with Crippen LogP contribution in [0.3, 0.4) is 0 Å². The van der Waals surface area contributed by atoms with Crippen molar-refractivity contribution in [3.63, 3.8) is 0 Å². The first-order valence-corrected chi connectivity index (χ1v) is 12.9. The van der Waals surface area contributed by atoms with Gasteiger partial charge in [-0.1, -0.05) is 63.8 Å². The molecule has 0 spiro atoms. The van der Waals surface area contributed by atoms with Crippen molar-refractivity contribution in [1.29, 1.82) is 0 Å². The maximum absolute atomic E-state index is 5.88. The Morgan fingerprint density at radius 2 is 0.917 bits per heavy atom. The number of hydrogen-bond acceptors (Lipinski definition) is 4. The van der Waals surface area contributed by atoms with E-state index in [-0.39, 0.29) is 0 Å². The molecule has 0 aliphatic heterocycles. The summed E-state index contributed by atoms with van der Waals surface area (Å²) in [5.74, 6) is 0. The van der Waals surface area contributed by atoms with Gasteiger partial charge >= 0.3 is 17.1 Å². The second kappa shape index (κ2) is 10.5. The molecule has 0 bridgehead atoms. The van der Waals surface area contributed by atoms with Gasteiger partial charge in [-0.05, 0) is 22.5 Å². The predicted molar refractivity (Wildman–Crippen MR) is 105 cm³/mol. The van der Waals surface area contributed by atoms with Crippen LogP contribution in [-0.2, 0) is 17.7 Å². The van der Waals surface area contributed by atoms with Crippen molar-refractivity contribution < 1.29 is 17.7 Å². The summed E-state index contributed by atoms with van der Waals surface area (Å²) in [7, 11) is 2.40. The largest absolute Gasteiger partial charge is 0.394 e. The van der Waals surface area contributed by atoms with Crippen molar-refractivity contribution in [3.8, 4) is 0 Å². The third-order valence-corrected chi connectivity index (χ3v) is 11.9. The number of hydrogen-bond donors (Lipinski definition) is 0. The molecule has 0 amide bonds. The van der Waals surface area contributed by atoms with Crippen molar-refractivity contribution >= 4 is 27.5 Å². The fraction of sp³-hybridized carbons (Fsp3) is 0.667. The summed E-state index contributed by atoms with van der Waals surface area (Å²) in [5, 5.41) is 2.35. The van der Waals surface area contributed by atoms with E-state index in [0.29, 0.717) is 0 Å². The van der Waals surface area contributed by atoms with Gasteiger partial charge in [0, 0.05) is 28.4 Å². The van der Waals surface area contributed by atoms with E-state index < -0.39 is 17.1 Å². The van der Waals surface area contributed by atoms with Gasteiger partial charge in [0.1, 0.15) is 0 Å². The minimum Gasteiger partial charge on any atom is -0.394 e. The van der Waals surface area contributed by atoms with Crippen molar-refractivity contribution in [2.45, 2.75) is 51.6 Å². The zero-order valence-corrected chi connectivity index (χ0v) is 18.2. The van der Waals surface area contributed by atoms with Crippen LogP contribution >= 0.6 is 0 Å². The predicted octanol–water partition coefficient (Wildman–Crippen LogP) is 3.17. The topological polar surface area (TPSA) is 36.9 Å². The Balaban J connectivity index is 3.12. The molecule has 1 aromatic rings. The molecule has 0 aliphatic carbocycles. The van der Waals surface area contributed by atoms with Gasteiger partial charge in [-0.25, -0.2) is 0 Å². The van der Waals surface area contributed by atoms with Crippen molar-refractivity contribution in [1.82, 2.24) is 0 Å². The lowest BCUT2D eigenvalue weighted by atomic mass is 10.4. The normalized spacial score (nSPS) is 12.6. The van der Waals surface area contributed by atoms with Gasteiger partial charge in [0.25, 0.3) is 0 Å². The summed E-state index contributed by atoms with van der Waals surface area (Å²) in [4.78, 5) is 0. The van der Waals surface area contributed by atoms with E-state index in [4.69, 9.17) is 17.7 Å². The van der Waals surface area contributed by atoms with Crippen LogP contribution < -0.4 is 10.4 Å². The summed E-state index contributed by atoms with van der Waals surface area (Å²) >= 11 is 0. The number of benzene rings is 1. The zero-order chi connectivity index (χ0) is 18.1. The van der Waals surface area contributed by atoms with Crippen LogP contribution in [0.2, 0.25) is 12.1 Å². The van der Waals surface area contributed by atoms with E-state index in [1.54, 1.807) is 28.4 Å². The lowest BCUT2D eigenvalue weighted by molar-refractivity contribution is 0.255. The first-order valence-electron chi connectivity index (χ1n) is 8.89. The van der Waals surface area contributed by atoms with E-state index in [2.05, 4.69) is 38.1 Å². The SMILES string of the molecule is CCCC[Si](OC)(OC)c1ccc([Si](CCCC)(OC)OC)cc1. The van der Waals surface area contributed by atoms with Gasteiger partial charge < -0.3 is 17.7 Å². The molecule has 0 N–H and O–H groups in total. The van der Waals surface area contributed by atoms with E-state index in [1.807, 2.05) is 0 Å². The highest BCUT2D eigenvalue weighted by Gasteiger charge is 2.40. The first kappa shape index (κ1) is 21.5. The second-order valence-electron chi connectivity index (χ2n) is 6.11. The molecular weight excluding hydrogens is 336 g/mol. The molecule has 0 aromatic heterocycles. The monoisotopic (exact) mass is 370 g/mol. The molecule has 4 nitrogen and oxygen atoms in total. The average Bonchev–Trinajstić information content (AvgIpc) is 2.65. The Morgan fingerprint density at radius 1 is 0.625 bits per heavy atom. The smallest absolute Gasteiger partial charge is 0.371 e. The Kier molecular flexibility index (Phi) is 9.40. The lowest BCUT2D eigenvalue weighted by Crippen LogP contribution is -2.55. The summed E-state index contributed by atoms with van der Waals surface area (Å²) < 4.78 is 23.5. The molecule has 0 heterocycles. The fourth-order valence-electron chi connectivity index (χ4n) is 3.13. The Morgan fingerprint density at radius 3 is 1.12 bits per heavy atom. The van der Waals surface area contributed by atoms with Gasteiger partial charge in [0.15, 0.2) is 0 Å². The van der Waals surface area contributed by atoms with Gasteiger partial charge in [0.2, 0.25) is 0 Å². The van der Waals surface area contributed by atoms with Crippen LogP contribution in [0.15, 0.2) is 24.3 Å². The molecule has 0 aliphatic rings. The van der Waals surface area contributed by atoms with E-state index in [9.17, 15) is 0 Å². The molecule has 0 fully saturated rings. The summed E-state index contributed by atoms with van der Waals surface area (Å²) in [5.41, 5.74) is 0. The Hall–Kier alpha value is -0.506. The standard InChI is InChI=1S/C18H34O4Si2/c1-7-9-15-23(19-3,20-4)17-11-13-18(14-12-17)24(21-5,22-6)16-10-8-2/h11-14H,7-10,15-16H2,1-6H3. The molecule has 24 heavy (non-hydrogen) atoms. The van der Waals surface area contributed by atoms with Gasteiger partial charge in [-0.3, -0.25) is 0 Å². The molecule has 0 saturated carbocycles. The van der Waals surface area contributed by atoms with Crippen molar-refractivity contribution in [2.75, 3.05) is 28.4 Å². The highest BCUT2D eigenvalue weighted by molar-refractivity contribution is 6.82. The first-order chi connectivity index (χ1) is 11.6. The Bertz CT molecular complexity index is 414. The summed E-state index contributed by atoms with van der Waals surface area (Å²) in [6.45, 7) is 4.39. The molecule has 0 unspecified atom stereocenters. The van der Waals surface area contributed by atoms with Crippen LogP contribution in [0, 0.1) is 0 Å². The van der Waals surface area contributed by atoms with Crippen molar-refractivity contribution in [2.24, 2.45) is 0 Å². The Labute approximate surface area is 150 Å². The number of unbranched alkanes of at least 4 members (excludes halogenated alkanes) is 2. The lowest BCUT2D eigenvalue weighted by Gasteiger charge is -2.30. The zero-order valence-electron chi connectivity index (χ0n) is 16.2. The van der Waals surface area contributed by atoms with Gasteiger partial charge in [0.05, 0.1) is 0 Å². The molecule has 1 aromatic carbocycles. The third-order valence-electron chi connectivity index (χ3n) is 4.80. The maximum atomic E-state index is 5.88. The minimum atomic E-state index is -2.33. The van der Waals surface area contributed by atoms with Crippen LogP contribution in [0.1, 0.15) is 39.5 Å². The quantitative estimate of drug-likeness (QED) is 0.530. The van der Waals surface area contributed by atoms with E-state index in [0.717, 1.165) is 37.8 Å². The average molecular weight is 371 g/mol. The van der Waals surface area contributed by atoms with Crippen molar-refractivity contribution in [3.05, 3.63) is 24.3 Å². The molecule has 1 rings (SSSR count). The second-order valence-corrected chi connectivity index (χ2v) is 12.9. The minimum absolute atomic E-state index is 0.975. The van der Waals surface area contributed by atoms with Crippen LogP contribution in [-0.4, -0.2) is 45.6 Å². The highest BCUT2D eigenvalue weighted by atomic mass is 28.4. The highest BCUT2D eigenvalue weighted by Crippen LogP contribution is 2.18. The molecule has 0 atom stereocenters. The number of rotatable bonds is 12. The van der Waals surface area contributed by atoms with Crippen LogP contribution in [0.25, 0.3) is 0 Å². The van der Waals surface area contributed by atoms with Gasteiger partial charge in [-0.2, -0.15) is 0 Å². The van der Waals surface area contributed by atoms with E-state index >= 15 is 0 Å². The van der Waals surface area contributed by atoms with Gasteiger partial charge in [-0.15, -0.1) is 0 Å². The maximum Gasteiger partial charge on any atom is 0.371 e. The van der Waals surface area contributed by atoms with Crippen LogP contribution in [0.4, 0.5) is 0 Å². The molecular formula is C18H34O4Si2. The molecule has 138 valence electrons. The molecule has 6 heteroatoms. The van der Waals surface area contributed by atoms with E-state index in [1.165, 1.54) is 10.4 Å². The summed E-state index contributed by atoms with van der Waals surface area (Å²) in [6.07, 6.45) is 4.50.